The highest BCUT2D eigenvalue weighted by atomic mass is 16.5. The molecule has 0 aliphatic carbocycles. The van der Waals surface area contributed by atoms with Crippen molar-refractivity contribution < 1.29 is 9.53 Å². The maximum atomic E-state index is 12.3. The van der Waals surface area contributed by atoms with Crippen molar-refractivity contribution in [1.29, 1.82) is 0 Å². The van der Waals surface area contributed by atoms with Gasteiger partial charge >= 0.3 is 0 Å². The second kappa shape index (κ2) is 9.67. The minimum Gasteiger partial charge on any atom is -0.481 e. The summed E-state index contributed by atoms with van der Waals surface area (Å²) in [6, 6.07) is 5.98. The second-order valence-corrected chi connectivity index (χ2v) is 6.81. The molecular weight excluding hydrogens is 300 g/mol. The fourth-order valence-electron chi connectivity index (χ4n) is 3.08. The SMILES string of the molecule is CCC(Oc1ccc(C)c(C)c1)C(=O)NCCCN1CCCCC1. The number of nitrogens with one attached hydrogen (secondary N) is 1. The Morgan fingerprint density at radius 3 is 2.62 bits per heavy atom. The number of benzene rings is 1. The summed E-state index contributed by atoms with van der Waals surface area (Å²) < 4.78 is 5.89. The zero-order valence-electron chi connectivity index (χ0n) is 15.4. The van der Waals surface area contributed by atoms with E-state index in [1.54, 1.807) is 0 Å². The number of aryl methyl sites for hydroxylation is 2. The minimum absolute atomic E-state index is 0.00521. The van der Waals surface area contributed by atoms with Crippen LogP contribution in [0.15, 0.2) is 18.2 Å². The molecule has 4 heteroatoms. The number of hydrogen-bond donors (Lipinski definition) is 1. The Balaban J connectivity index is 1.73. The number of nitrogens with zero attached hydrogens (tertiary/aromatic N) is 1. The predicted octanol–water partition coefficient (Wildman–Crippen LogP) is 3.45. The van der Waals surface area contributed by atoms with E-state index in [0.29, 0.717) is 6.42 Å². The maximum absolute atomic E-state index is 12.3. The monoisotopic (exact) mass is 332 g/mol. The molecule has 24 heavy (non-hydrogen) atoms. The summed E-state index contributed by atoms with van der Waals surface area (Å²) in [7, 11) is 0. The molecule has 0 spiro atoms. The molecule has 0 aromatic heterocycles. The first-order valence-electron chi connectivity index (χ1n) is 9.34. The average Bonchev–Trinajstić information content (AvgIpc) is 2.60. The van der Waals surface area contributed by atoms with Crippen molar-refractivity contribution in [2.45, 2.75) is 59.0 Å². The summed E-state index contributed by atoms with van der Waals surface area (Å²) in [6.45, 7) is 10.3. The van der Waals surface area contributed by atoms with Gasteiger partial charge in [0.25, 0.3) is 5.91 Å². The maximum Gasteiger partial charge on any atom is 0.261 e. The Bertz CT molecular complexity index is 524. The van der Waals surface area contributed by atoms with Crippen molar-refractivity contribution in [1.82, 2.24) is 10.2 Å². The van der Waals surface area contributed by atoms with Gasteiger partial charge in [-0.05, 0) is 82.4 Å². The van der Waals surface area contributed by atoms with E-state index in [1.165, 1.54) is 43.5 Å². The van der Waals surface area contributed by atoms with Crippen LogP contribution in [0.2, 0.25) is 0 Å². The Morgan fingerprint density at radius 2 is 1.96 bits per heavy atom. The van der Waals surface area contributed by atoms with Crippen LogP contribution in [0.25, 0.3) is 0 Å². The fraction of sp³-hybridized carbons (Fsp3) is 0.650. The smallest absolute Gasteiger partial charge is 0.261 e. The molecule has 0 bridgehead atoms. The van der Waals surface area contributed by atoms with Crippen LogP contribution in [-0.4, -0.2) is 43.1 Å². The fourth-order valence-corrected chi connectivity index (χ4v) is 3.08. The Hall–Kier alpha value is -1.55. The summed E-state index contributed by atoms with van der Waals surface area (Å²) in [5.74, 6) is 0.766. The third kappa shape index (κ3) is 5.82. The van der Waals surface area contributed by atoms with E-state index in [4.69, 9.17) is 4.74 Å². The summed E-state index contributed by atoms with van der Waals surface area (Å²) in [4.78, 5) is 14.8. The van der Waals surface area contributed by atoms with Gasteiger partial charge in [0.2, 0.25) is 0 Å². The van der Waals surface area contributed by atoms with Gasteiger partial charge in [0.15, 0.2) is 6.10 Å². The molecule has 0 radical (unpaired) electrons. The number of carbonyl (C=O) groups is 1. The average molecular weight is 332 g/mol. The first-order valence-corrected chi connectivity index (χ1v) is 9.34. The first kappa shape index (κ1) is 18.8. The lowest BCUT2D eigenvalue weighted by molar-refractivity contribution is -0.128. The van der Waals surface area contributed by atoms with Crippen molar-refractivity contribution in [3.05, 3.63) is 29.3 Å². The number of amides is 1. The van der Waals surface area contributed by atoms with Crippen molar-refractivity contribution in [3.8, 4) is 5.75 Å². The highest BCUT2D eigenvalue weighted by molar-refractivity contribution is 5.81. The highest BCUT2D eigenvalue weighted by Crippen LogP contribution is 2.18. The number of likely N-dealkylation sites (tertiary alicyclic amines) is 1. The van der Waals surface area contributed by atoms with Crippen LogP contribution in [0.5, 0.6) is 5.75 Å². The largest absolute Gasteiger partial charge is 0.481 e. The van der Waals surface area contributed by atoms with E-state index >= 15 is 0 Å². The molecule has 1 aliphatic heterocycles. The Labute approximate surface area is 146 Å². The normalized spacial score (nSPS) is 16.6. The number of ether oxygens (including phenoxy) is 1. The lowest BCUT2D eigenvalue weighted by atomic mass is 10.1. The molecule has 1 unspecified atom stereocenters. The molecule has 1 aliphatic rings. The number of piperidine rings is 1. The van der Waals surface area contributed by atoms with Gasteiger partial charge in [-0.25, -0.2) is 0 Å². The topological polar surface area (TPSA) is 41.6 Å². The van der Waals surface area contributed by atoms with Crippen LogP contribution in [0.3, 0.4) is 0 Å². The summed E-state index contributed by atoms with van der Waals surface area (Å²) in [6.07, 6.45) is 5.25. The summed E-state index contributed by atoms with van der Waals surface area (Å²) in [5.41, 5.74) is 2.42. The van der Waals surface area contributed by atoms with Gasteiger partial charge in [-0.3, -0.25) is 4.79 Å². The number of hydrogen-bond acceptors (Lipinski definition) is 3. The van der Waals surface area contributed by atoms with Gasteiger partial charge in [-0.1, -0.05) is 19.4 Å². The van der Waals surface area contributed by atoms with E-state index in [0.717, 1.165) is 25.3 Å². The number of rotatable bonds is 8. The van der Waals surface area contributed by atoms with Gasteiger partial charge in [0, 0.05) is 6.54 Å². The molecule has 134 valence electrons. The molecule has 1 heterocycles. The van der Waals surface area contributed by atoms with Crippen molar-refractivity contribution in [3.63, 3.8) is 0 Å². The quantitative estimate of drug-likeness (QED) is 0.741. The van der Waals surface area contributed by atoms with E-state index in [9.17, 15) is 4.79 Å². The summed E-state index contributed by atoms with van der Waals surface area (Å²) in [5, 5.41) is 3.03. The van der Waals surface area contributed by atoms with Crippen LogP contribution in [0.4, 0.5) is 0 Å². The lowest BCUT2D eigenvalue weighted by Crippen LogP contribution is -2.39. The molecule has 1 saturated heterocycles. The van der Waals surface area contributed by atoms with Crippen LogP contribution < -0.4 is 10.1 Å². The molecule has 4 nitrogen and oxygen atoms in total. The Kier molecular flexibility index (Phi) is 7.57. The standard InChI is InChI=1S/C20H32N2O2/c1-4-19(24-18-10-9-16(2)17(3)15-18)20(23)21-11-8-14-22-12-6-5-7-13-22/h9-10,15,19H,4-8,11-14H2,1-3H3,(H,21,23). The van der Waals surface area contributed by atoms with Crippen LogP contribution in [0, 0.1) is 13.8 Å². The van der Waals surface area contributed by atoms with Gasteiger partial charge in [-0.15, -0.1) is 0 Å². The van der Waals surface area contributed by atoms with E-state index < -0.39 is 6.10 Å². The molecular formula is C20H32N2O2. The molecule has 1 aromatic rings. The molecule has 2 rings (SSSR count). The zero-order valence-corrected chi connectivity index (χ0v) is 15.4. The van der Waals surface area contributed by atoms with Crippen molar-refractivity contribution in [2.24, 2.45) is 0 Å². The van der Waals surface area contributed by atoms with Crippen LogP contribution in [0.1, 0.15) is 50.2 Å². The third-order valence-electron chi connectivity index (χ3n) is 4.82. The van der Waals surface area contributed by atoms with Crippen LogP contribution in [-0.2, 0) is 4.79 Å². The molecule has 1 N–H and O–H groups in total. The molecule has 1 amide bonds. The third-order valence-corrected chi connectivity index (χ3v) is 4.82. The highest BCUT2D eigenvalue weighted by Gasteiger charge is 2.18. The van der Waals surface area contributed by atoms with Gasteiger partial charge in [0.1, 0.15) is 5.75 Å². The molecule has 1 atom stereocenters. The first-order chi connectivity index (χ1) is 11.6. The Morgan fingerprint density at radius 1 is 1.21 bits per heavy atom. The zero-order chi connectivity index (χ0) is 17.4. The van der Waals surface area contributed by atoms with Crippen molar-refractivity contribution in [2.75, 3.05) is 26.2 Å². The molecule has 0 saturated carbocycles. The van der Waals surface area contributed by atoms with E-state index in [1.807, 2.05) is 25.1 Å². The van der Waals surface area contributed by atoms with Gasteiger partial charge in [-0.2, -0.15) is 0 Å². The van der Waals surface area contributed by atoms with E-state index in [-0.39, 0.29) is 5.91 Å². The number of carbonyl (C=O) groups excluding carboxylic acids is 1. The lowest BCUT2D eigenvalue weighted by Gasteiger charge is -2.26. The molecule has 1 fully saturated rings. The van der Waals surface area contributed by atoms with E-state index in [2.05, 4.69) is 24.1 Å². The van der Waals surface area contributed by atoms with Crippen molar-refractivity contribution >= 4 is 5.91 Å². The van der Waals surface area contributed by atoms with Gasteiger partial charge < -0.3 is 15.0 Å². The predicted molar refractivity (Wildman–Crippen MR) is 98.5 cm³/mol. The van der Waals surface area contributed by atoms with Crippen LogP contribution >= 0.6 is 0 Å². The second-order valence-electron chi connectivity index (χ2n) is 6.81. The summed E-state index contributed by atoms with van der Waals surface area (Å²) >= 11 is 0. The minimum atomic E-state index is -0.415. The van der Waals surface area contributed by atoms with Gasteiger partial charge in [0.05, 0.1) is 0 Å². The molecule has 1 aromatic carbocycles.